The van der Waals surface area contributed by atoms with Crippen molar-refractivity contribution in [1.29, 1.82) is 0 Å². The average molecular weight is 235 g/mol. The highest BCUT2D eigenvalue weighted by Crippen LogP contribution is 2.29. The van der Waals surface area contributed by atoms with Crippen LogP contribution in [0.3, 0.4) is 0 Å². The fourth-order valence-corrected chi connectivity index (χ4v) is 2.19. The van der Waals surface area contributed by atoms with Gasteiger partial charge in [-0.2, -0.15) is 0 Å². The minimum Gasteiger partial charge on any atom is -0.388 e. The first-order valence-corrected chi connectivity index (χ1v) is 6.69. The van der Waals surface area contributed by atoms with E-state index in [2.05, 4.69) is 31.7 Å². The Morgan fingerprint density at radius 3 is 2.29 bits per heavy atom. The number of hydrogen-bond donors (Lipinski definition) is 1. The van der Waals surface area contributed by atoms with Crippen LogP contribution >= 0.6 is 0 Å². The molecule has 0 aromatic heterocycles. The number of aliphatic hydroxyl groups excluding tert-OH is 1. The largest absolute Gasteiger partial charge is 0.388 e. The van der Waals surface area contributed by atoms with E-state index >= 15 is 0 Å². The summed E-state index contributed by atoms with van der Waals surface area (Å²) in [7, 11) is 0. The zero-order chi connectivity index (χ0) is 12.8. The maximum atomic E-state index is 10.1. The van der Waals surface area contributed by atoms with Crippen molar-refractivity contribution in [3.05, 3.63) is 29.8 Å². The van der Waals surface area contributed by atoms with Crippen LogP contribution in [0.2, 0.25) is 0 Å². The summed E-state index contributed by atoms with van der Waals surface area (Å²) < 4.78 is 0. The predicted molar refractivity (Wildman–Crippen MR) is 74.5 cm³/mol. The van der Waals surface area contributed by atoms with Crippen molar-refractivity contribution in [2.24, 2.45) is 0 Å². The summed E-state index contributed by atoms with van der Waals surface area (Å²) in [4.78, 5) is 2.37. The summed E-state index contributed by atoms with van der Waals surface area (Å²) >= 11 is 0. The van der Waals surface area contributed by atoms with Gasteiger partial charge in [0.15, 0.2) is 0 Å². The second-order valence-electron chi connectivity index (χ2n) is 4.53. The molecule has 1 aromatic carbocycles. The van der Waals surface area contributed by atoms with Crippen molar-refractivity contribution >= 4 is 5.69 Å². The molecule has 0 saturated heterocycles. The van der Waals surface area contributed by atoms with Crippen molar-refractivity contribution in [2.75, 3.05) is 11.4 Å². The molecular formula is C15H25NO. The quantitative estimate of drug-likeness (QED) is 0.811. The Balaban J connectivity index is 3.10. The van der Waals surface area contributed by atoms with E-state index in [1.54, 1.807) is 0 Å². The van der Waals surface area contributed by atoms with Crippen LogP contribution < -0.4 is 4.90 Å². The Hall–Kier alpha value is -1.02. The third-order valence-electron chi connectivity index (χ3n) is 3.46. The van der Waals surface area contributed by atoms with Crippen LogP contribution in [0.25, 0.3) is 0 Å². The molecule has 2 nitrogen and oxygen atoms in total. The molecule has 17 heavy (non-hydrogen) atoms. The molecule has 0 aliphatic heterocycles. The van der Waals surface area contributed by atoms with Crippen LogP contribution in [0, 0.1) is 0 Å². The lowest BCUT2D eigenvalue weighted by Gasteiger charge is -2.32. The van der Waals surface area contributed by atoms with Crippen molar-refractivity contribution in [3.63, 3.8) is 0 Å². The lowest BCUT2D eigenvalue weighted by Crippen LogP contribution is -2.33. The van der Waals surface area contributed by atoms with Crippen LogP contribution in [0.4, 0.5) is 5.69 Å². The van der Waals surface area contributed by atoms with E-state index in [1.807, 2.05) is 25.1 Å². The monoisotopic (exact) mass is 235 g/mol. The topological polar surface area (TPSA) is 23.5 Å². The highest BCUT2D eigenvalue weighted by molar-refractivity contribution is 5.55. The van der Waals surface area contributed by atoms with Gasteiger partial charge in [-0.05, 0) is 32.8 Å². The second kappa shape index (κ2) is 6.65. The molecule has 0 aliphatic rings. The molecule has 0 radical (unpaired) electrons. The van der Waals surface area contributed by atoms with Crippen LogP contribution in [0.5, 0.6) is 0 Å². The van der Waals surface area contributed by atoms with Crippen LogP contribution in [-0.2, 0) is 0 Å². The van der Waals surface area contributed by atoms with E-state index in [9.17, 15) is 5.11 Å². The molecule has 0 spiro atoms. The van der Waals surface area contributed by atoms with Gasteiger partial charge in [-0.15, -0.1) is 0 Å². The molecule has 1 rings (SSSR count). The molecule has 0 heterocycles. The molecule has 0 bridgehead atoms. The lowest BCUT2D eigenvalue weighted by molar-refractivity contribution is 0.174. The molecule has 0 saturated carbocycles. The molecule has 0 fully saturated rings. The second-order valence-corrected chi connectivity index (χ2v) is 4.53. The Bertz CT molecular complexity index is 337. The number of nitrogens with zero attached hydrogens (tertiary/aromatic N) is 1. The summed E-state index contributed by atoms with van der Waals surface area (Å²) in [5.41, 5.74) is 2.23. The molecule has 0 amide bonds. The van der Waals surface area contributed by atoms with Crippen LogP contribution in [0.1, 0.15) is 52.2 Å². The molecule has 2 unspecified atom stereocenters. The van der Waals surface area contributed by atoms with Gasteiger partial charge in [0.05, 0.1) is 6.10 Å². The Labute approximate surface area is 105 Å². The summed E-state index contributed by atoms with van der Waals surface area (Å²) in [5, 5.41) is 10.1. The van der Waals surface area contributed by atoms with Crippen molar-refractivity contribution in [3.8, 4) is 0 Å². The molecule has 96 valence electrons. The maximum Gasteiger partial charge on any atom is 0.0807 e. The molecular weight excluding hydrogens is 210 g/mol. The van der Waals surface area contributed by atoms with Crippen molar-refractivity contribution in [2.45, 2.75) is 52.7 Å². The van der Waals surface area contributed by atoms with Crippen molar-refractivity contribution < 1.29 is 5.11 Å². The highest BCUT2D eigenvalue weighted by atomic mass is 16.3. The number of rotatable bonds is 6. The van der Waals surface area contributed by atoms with Gasteiger partial charge >= 0.3 is 0 Å². The average Bonchev–Trinajstić information content (AvgIpc) is 2.39. The minimum absolute atomic E-state index is 0.357. The predicted octanol–water partition coefficient (Wildman–Crippen LogP) is 3.75. The Kier molecular flexibility index (Phi) is 5.49. The van der Waals surface area contributed by atoms with Gasteiger partial charge in [-0.25, -0.2) is 0 Å². The normalized spacial score (nSPS) is 14.4. The van der Waals surface area contributed by atoms with E-state index in [0.29, 0.717) is 6.04 Å². The van der Waals surface area contributed by atoms with Gasteiger partial charge < -0.3 is 10.0 Å². The molecule has 1 aromatic rings. The van der Waals surface area contributed by atoms with Crippen LogP contribution in [-0.4, -0.2) is 17.7 Å². The van der Waals surface area contributed by atoms with E-state index in [4.69, 9.17) is 0 Å². The standard InChI is InChI=1S/C15H25NO/c1-5-12(4)16(7-3)14-11-9-8-10-13(14)15(17)6-2/h8-12,15,17H,5-7H2,1-4H3. The van der Waals surface area contributed by atoms with Gasteiger partial charge in [-0.1, -0.05) is 32.0 Å². The number of hydrogen-bond acceptors (Lipinski definition) is 2. The first-order valence-electron chi connectivity index (χ1n) is 6.69. The van der Waals surface area contributed by atoms with E-state index in [1.165, 1.54) is 5.69 Å². The van der Waals surface area contributed by atoms with E-state index < -0.39 is 0 Å². The Morgan fingerprint density at radius 1 is 1.12 bits per heavy atom. The van der Waals surface area contributed by atoms with Gasteiger partial charge in [-0.3, -0.25) is 0 Å². The number of para-hydroxylation sites is 1. The zero-order valence-corrected chi connectivity index (χ0v) is 11.5. The summed E-state index contributed by atoms with van der Waals surface area (Å²) in [6.07, 6.45) is 1.52. The van der Waals surface area contributed by atoms with Gasteiger partial charge in [0.1, 0.15) is 0 Å². The molecule has 2 heteroatoms. The summed E-state index contributed by atoms with van der Waals surface area (Å²) in [6.45, 7) is 9.59. The van der Waals surface area contributed by atoms with E-state index in [0.717, 1.165) is 24.9 Å². The Morgan fingerprint density at radius 2 is 1.76 bits per heavy atom. The number of benzene rings is 1. The SMILES string of the molecule is CCC(O)c1ccccc1N(CC)C(C)CC. The fraction of sp³-hybridized carbons (Fsp3) is 0.600. The first-order chi connectivity index (χ1) is 8.15. The highest BCUT2D eigenvalue weighted by Gasteiger charge is 2.17. The number of anilines is 1. The molecule has 0 aliphatic carbocycles. The van der Waals surface area contributed by atoms with Gasteiger partial charge in [0.25, 0.3) is 0 Å². The first kappa shape index (κ1) is 14.0. The summed E-state index contributed by atoms with van der Waals surface area (Å²) in [6, 6.07) is 8.71. The third kappa shape index (κ3) is 3.22. The fourth-order valence-electron chi connectivity index (χ4n) is 2.19. The zero-order valence-electron chi connectivity index (χ0n) is 11.5. The van der Waals surface area contributed by atoms with Gasteiger partial charge in [0, 0.05) is 23.8 Å². The maximum absolute atomic E-state index is 10.1. The van der Waals surface area contributed by atoms with Gasteiger partial charge in [0.2, 0.25) is 0 Å². The number of aliphatic hydroxyl groups is 1. The minimum atomic E-state index is -0.357. The van der Waals surface area contributed by atoms with Crippen LogP contribution in [0.15, 0.2) is 24.3 Å². The van der Waals surface area contributed by atoms with E-state index in [-0.39, 0.29) is 6.10 Å². The third-order valence-corrected chi connectivity index (χ3v) is 3.46. The molecule has 2 atom stereocenters. The smallest absolute Gasteiger partial charge is 0.0807 e. The molecule has 1 N–H and O–H groups in total. The van der Waals surface area contributed by atoms with Crippen molar-refractivity contribution in [1.82, 2.24) is 0 Å². The summed E-state index contributed by atoms with van der Waals surface area (Å²) in [5.74, 6) is 0. The lowest BCUT2D eigenvalue weighted by atomic mass is 10.0.